The first-order chi connectivity index (χ1) is 5.88. The van der Waals surface area contributed by atoms with E-state index in [1.54, 1.807) is 0 Å². The number of aliphatic hydroxyl groups is 1. The average molecular weight is 162 g/mol. The van der Waals surface area contributed by atoms with E-state index in [9.17, 15) is 5.11 Å². The summed E-state index contributed by atoms with van der Waals surface area (Å²) in [6.07, 6.45) is 3.18. The van der Waals surface area contributed by atoms with Crippen molar-refractivity contribution in [2.24, 2.45) is 0 Å². The molecule has 2 rings (SSSR count). The molecular formula is C11H14O. The lowest BCUT2D eigenvalue weighted by molar-refractivity contribution is 0.164. The van der Waals surface area contributed by atoms with Crippen molar-refractivity contribution in [2.45, 2.75) is 31.3 Å². The molecule has 1 aromatic rings. The normalized spacial score (nSPS) is 29.1. The van der Waals surface area contributed by atoms with Gasteiger partial charge in [0.05, 0.1) is 6.10 Å². The lowest BCUT2D eigenvalue weighted by atomic mass is 9.96. The van der Waals surface area contributed by atoms with E-state index in [2.05, 4.69) is 12.1 Å². The Bertz CT molecular complexity index is 242. The zero-order valence-electron chi connectivity index (χ0n) is 7.11. The van der Waals surface area contributed by atoms with Crippen LogP contribution in [0.15, 0.2) is 30.3 Å². The van der Waals surface area contributed by atoms with Crippen LogP contribution in [0.4, 0.5) is 0 Å². The van der Waals surface area contributed by atoms with Gasteiger partial charge < -0.3 is 5.11 Å². The van der Waals surface area contributed by atoms with Crippen LogP contribution >= 0.6 is 0 Å². The van der Waals surface area contributed by atoms with Crippen LogP contribution in [0.1, 0.15) is 30.7 Å². The molecule has 1 unspecified atom stereocenters. The van der Waals surface area contributed by atoms with E-state index < -0.39 is 0 Å². The van der Waals surface area contributed by atoms with Gasteiger partial charge in [-0.05, 0) is 18.4 Å². The highest BCUT2D eigenvalue weighted by atomic mass is 16.3. The molecule has 1 heteroatoms. The number of benzene rings is 1. The first-order valence-corrected chi connectivity index (χ1v) is 4.61. The van der Waals surface area contributed by atoms with E-state index in [1.165, 1.54) is 12.0 Å². The van der Waals surface area contributed by atoms with Crippen molar-refractivity contribution in [3.63, 3.8) is 0 Å². The standard InChI is InChI=1S/C11H14O/c12-11-8-4-7-10(11)9-5-2-1-3-6-9/h1-3,5-6,10-12H,4,7-8H2/t10?,11-/m1/s1. The zero-order valence-corrected chi connectivity index (χ0v) is 7.11. The molecular weight excluding hydrogens is 148 g/mol. The van der Waals surface area contributed by atoms with Crippen LogP contribution in [0.3, 0.4) is 0 Å². The molecule has 1 aromatic carbocycles. The van der Waals surface area contributed by atoms with Crippen LogP contribution in [-0.2, 0) is 0 Å². The van der Waals surface area contributed by atoms with Crippen LogP contribution in [0.2, 0.25) is 0 Å². The summed E-state index contributed by atoms with van der Waals surface area (Å²) in [7, 11) is 0. The van der Waals surface area contributed by atoms with Crippen molar-refractivity contribution in [1.82, 2.24) is 0 Å². The van der Waals surface area contributed by atoms with Gasteiger partial charge in [0.2, 0.25) is 0 Å². The Hall–Kier alpha value is -0.820. The van der Waals surface area contributed by atoms with Gasteiger partial charge in [-0.3, -0.25) is 0 Å². The first-order valence-electron chi connectivity index (χ1n) is 4.61. The molecule has 0 spiro atoms. The third-order valence-electron chi connectivity index (χ3n) is 2.71. The molecule has 0 aromatic heterocycles. The maximum Gasteiger partial charge on any atom is 0.0608 e. The maximum absolute atomic E-state index is 9.64. The fourth-order valence-corrected chi connectivity index (χ4v) is 2.03. The van der Waals surface area contributed by atoms with Crippen molar-refractivity contribution < 1.29 is 5.11 Å². The van der Waals surface area contributed by atoms with E-state index in [-0.39, 0.29) is 6.10 Å². The Labute approximate surface area is 73.0 Å². The van der Waals surface area contributed by atoms with Crippen molar-refractivity contribution in [1.29, 1.82) is 0 Å². The van der Waals surface area contributed by atoms with Gasteiger partial charge in [-0.15, -0.1) is 0 Å². The summed E-state index contributed by atoms with van der Waals surface area (Å²) in [6.45, 7) is 0. The molecule has 1 N–H and O–H groups in total. The third kappa shape index (κ3) is 1.37. The molecule has 12 heavy (non-hydrogen) atoms. The minimum absolute atomic E-state index is 0.104. The van der Waals surface area contributed by atoms with Crippen LogP contribution < -0.4 is 0 Å². The van der Waals surface area contributed by atoms with Crippen molar-refractivity contribution in [3.05, 3.63) is 35.9 Å². The molecule has 2 atom stereocenters. The Morgan fingerprint density at radius 3 is 2.42 bits per heavy atom. The molecule has 1 saturated carbocycles. The summed E-state index contributed by atoms with van der Waals surface area (Å²) >= 11 is 0. The number of hydrogen-bond acceptors (Lipinski definition) is 1. The topological polar surface area (TPSA) is 20.2 Å². The average Bonchev–Trinajstić information content (AvgIpc) is 2.53. The predicted molar refractivity (Wildman–Crippen MR) is 49.0 cm³/mol. The van der Waals surface area contributed by atoms with Gasteiger partial charge in [-0.1, -0.05) is 36.8 Å². The van der Waals surface area contributed by atoms with Crippen molar-refractivity contribution >= 4 is 0 Å². The zero-order chi connectivity index (χ0) is 8.39. The molecule has 0 radical (unpaired) electrons. The van der Waals surface area contributed by atoms with Gasteiger partial charge in [0, 0.05) is 5.92 Å². The third-order valence-corrected chi connectivity index (χ3v) is 2.71. The van der Waals surface area contributed by atoms with Gasteiger partial charge >= 0.3 is 0 Å². The second-order valence-electron chi connectivity index (χ2n) is 3.52. The molecule has 1 nitrogen and oxygen atoms in total. The van der Waals surface area contributed by atoms with Gasteiger partial charge in [0.25, 0.3) is 0 Å². The summed E-state index contributed by atoms with van der Waals surface area (Å²) in [5.41, 5.74) is 1.29. The Morgan fingerprint density at radius 2 is 1.83 bits per heavy atom. The van der Waals surface area contributed by atoms with Gasteiger partial charge in [0.15, 0.2) is 0 Å². The molecule has 64 valence electrons. The molecule has 0 saturated heterocycles. The van der Waals surface area contributed by atoms with E-state index >= 15 is 0 Å². The van der Waals surface area contributed by atoms with Crippen LogP contribution in [0.25, 0.3) is 0 Å². The SMILES string of the molecule is O[C@@H]1CCCC1c1ccccc1. The maximum atomic E-state index is 9.64. The van der Waals surface area contributed by atoms with E-state index in [4.69, 9.17) is 0 Å². The van der Waals surface area contributed by atoms with Crippen molar-refractivity contribution in [2.75, 3.05) is 0 Å². The van der Waals surface area contributed by atoms with Gasteiger partial charge in [-0.2, -0.15) is 0 Å². The summed E-state index contributed by atoms with van der Waals surface area (Å²) in [4.78, 5) is 0. The van der Waals surface area contributed by atoms with Gasteiger partial charge in [-0.25, -0.2) is 0 Å². The minimum Gasteiger partial charge on any atom is -0.392 e. The highest BCUT2D eigenvalue weighted by Crippen LogP contribution is 2.34. The fourth-order valence-electron chi connectivity index (χ4n) is 2.03. The highest BCUT2D eigenvalue weighted by molar-refractivity contribution is 5.21. The molecule has 0 bridgehead atoms. The largest absolute Gasteiger partial charge is 0.392 e. The first kappa shape index (κ1) is 7.81. The minimum atomic E-state index is -0.104. The van der Waals surface area contributed by atoms with E-state index in [0.717, 1.165) is 12.8 Å². The molecule has 0 aliphatic heterocycles. The Balaban J connectivity index is 2.19. The lowest BCUT2D eigenvalue weighted by Gasteiger charge is -2.13. The molecule has 1 aliphatic rings. The van der Waals surface area contributed by atoms with Crippen LogP contribution in [-0.4, -0.2) is 11.2 Å². The Kier molecular flexibility index (Phi) is 2.13. The summed E-state index contributed by atoms with van der Waals surface area (Å²) in [6, 6.07) is 10.3. The van der Waals surface area contributed by atoms with Crippen molar-refractivity contribution in [3.8, 4) is 0 Å². The monoisotopic (exact) mass is 162 g/mol. The molecule has 0 heterocycles. The molecule has 0 amide bonds. The quantitative estimate of drug-likeness (QED) is 0.672. The molecule has 1 fully saturated rings. The second-order valence-corrected chi connectivity index (χ2v) is 3.52. The summed E-state index contributed by atoms with van der Waals surface area (Å²) in [5.74, 6) is 0.395. The summed E-state index contributed by atoms with van der Waals surface area (Å²) < 4.78 is 0. The van der Waals surface area contributed by atoms with Crippen LogP contribution in [0.5, 0.6) is 0 Å². The smallest absolute Gasteiger partial charge is 0.0608 e. The number of rotatable bonds is 1. The van der Waals surface area contributed by atoms with Gasteiger partial charge in [0.1, 0.15) is 0 Å². The summed E-state index contributed by atoms with van der Waals surface area (Å²) in [5, 5.41) is 9.64. The number of hydrogen-bond donors (Lipinski definition) is 1. The van der Waals surface area contributed by atoms with Crippen LogP contribution in [0, 0.1) is 0 Å². The van der Waals surface area contributed by atoms with E-state index in [0.29, 0.717) is 5.92 Å². The highest BCUT2D eigenvalue weighted by Gasteiger charge is 2.25. The second kappa shape index (κ2) is 3.28. The number of aliphatic hydroxyl groups excluding tert-OH is 1. The predicted octanol–water partition coefficient (Wildman–Crippen LogP) is 2.32. The molecule has 1 aliphatic carbocycles. The Morgan fingerprint density at radius 1 is 1.08 bits per heavy atom. The fraction of sp³-hybridized carbons (Fsp3) is 0.455. The van der Waals surface area contributed by atoms with E-state index in [1.807, 2.05) is 18.2 Å². The lowest BCUT2D eigenvalue weighted by Crippen LogP contribution is -2.10.